The Morgan fingerprint density at radius 3 is 2.65 bits per heavy atom. The van der Waals surface area contributed by atoms with Crippen molar-refractivity contribution in [2.24, 2.45) is 5.92 Å². The van der Waals surface area contributed by atoms with Crippen LogP contribution < -0.4 is 10.7 Å². The molecule has 3 rings (SSSR count). The third-order valence-corrected chi connectivity index (χ3v) is 4.61. The monoisotopic (exact) mass is 431 g/mol. The zero-order valence-corrected chi connectivity index (χ0v) is 16.6. The summed E-state index contributed by atoms with van der Waals surface area (Å²) in [6.45, 7) is 0.0521. The molecule has 1 aromatic carbocycles. The highest BCUT2D eigenvalue weighted by Crippen LogP contribution is 2.19. The molecule has 0 atom stereocenters. The lowest BCUT2D eigenvalue weighted by molar-refractivity contribution is 0.0921. The quantitative estimate of drug-likeness (QED) is 0.386. The zero-order chi connectivity index (χ0) is 22.2. The maximum absolute atomic E-state index is 14.3. The molecule has 0 aliphatic rings. The van der Waals surface area contributed by atoms with Crippen molar-refractivity contribution in [2.45, 2.75) is 6.42 Å². The van der Waals surface area contributed by atoms with Crippen molar-refractivity contribution in [3.05, 3.63) is 71.7 Å². The van der Waals surface area contributed by atoms with E-state index in [0.29, 0.717) is 18.7 Å². The van der Waals surface area contributed by atoms with E-state index in [9.17, 15) is 13.6 Å². The Balaban J connectivity index is 1.58. The summed E-state index contributed by atoms with van der Waals surface area (Å²) in [6, 6.07) is 9.24. The zero-order valence-electron chi connectivity index (χ0n) is 16.6. The van der Waals surface area contributed by atoms with Gasteiger partial charge >= 0.3 is 0 Å². The molecule has 8 nitrogen and oxygen atoms in total. The first-order chi connectivity index (χ1) is 15.0. The van der Waals surface area contributed by atoms with Gasteiger partial charge in [-0.25, -0.2) is 4.39 Å². The Labute approximate surface area is 177 Å². The second-order valence-electron chi connectivity index (χ2n) is 6.94. The van der Waals surface area contributed by atoms with E-state index in [-0.39, 0.29) is 36.7 Å². The van der Waals surface area contributed by atoms with Gasteiger partial charge in [0.25, 0.3) is 5.91 Å². The minimum atomic E-state index is -0.725. The number of amides is 1. The van der Waals surface area contributed by atoms with Crippen molar-refractivity contribution >= 4 is 5.91 Å². The Bertz CT molecular complexity index is 1010. The second kappa shape index (κ2) is 10.6. The van der Waals surface area contributed by atoms with Gasteiger partial charge in [0.1, 0.15) is 5.82 Å². The predicted molar refractivity (Wildman–Crippen MR) is 110 cm³/mol. The Hall–Kier alpha value is -3.37. The maximum atomic E-state index is 14.3. The minimum absolute atomic E-state index is 0.121. The molecule has 3 aromatic rings. The largest absolute Gasteiger partial charge is 0.396 e. The number of hydrogen-bond donors (Lipinski definition) is 4. The summed E-state index contributed by atoms with van der Waals surface area (Å²) in [4.78, 5) is 17.5. The first-order valence-corrected chi connectivity index (χ1v) is 9.70. The molecule has 0 spiro atoms. The Morgan fingerprint density at radius 2 is 1.97 bits per heavy atom. The number of nitrogens with zero attached hydrogens (tertiary/aromatic N) is 3. The fourth-order valence-corrected chi connectivity index (χ4v) is 2.83. The Kier molecular flexibility index (Phi) is 7.63. The summed E-state index contributed by atoms with van der Waals surface area (Å²) in [5.74, 6) is -1.89. The van der Waals surface area contributed by atoms with E-state index in [1.165, 1.54) is 41.4 Å². The van der Waals surface area contributed by atoms with Crippen LogP contribution in [0, 0.1) is 17.7 Å². The van der Waals surface area contributed by atoms with Gasteiger partial charge in [-0.3, -0.25) is 9.78 Å². The number of nitrogens with one attached hydrogen (secondary N) is 2. The van der Waals surface area contributed by atoms with Gasteiger partial charge in [-0.05, 0) is 36.2 Å². The van der Waals surface area contributed by atoms with Gasteiger partial charge < -0.3 is 21.0 Å². The third kappa shape index (κ3) is 6.06. The van der Waals surface area contributed by atoms with Crippen LogP contribution in [0.2, 0.25) is 0 Å². The standard InChI is InChI=1S/C21H23F2N5O3/c22-17-3-1-2-14(8-17)6-7-26-28-11-18(20(23)27-28)19-5-4-16(10-24-19)21(31)25-9-15(12-29)13-30/h1-5,8,10-11,15,26,29-30H,6-7,9,12-13H2,(H,25,31). The molecule has 31 heavy (non-hydrogen) atoms. The maximum Gasteiger partial charge on any atom is 0.252 e. The highest BCUT2D eigenvalue weighted by molar-refractivity contribution is 5.94. The number of carbonyl (C=O) groups excluding carboxylic acids is 1. The van der Waals surface area contributed by atoms with Gasteiger partial charge in [0.15, 0.2) is 0 Å². The molecule has 0 saturated heterocycles. The molecule has 164 valence electrons. The lowest BCUT2D eigenvalue weighted by atomic mass is 10.1. The SMILES string of the molecule is O=C(NCC(CO)CO)c1ccc(-c2cn(NCCc3cccc(F)c3)nc2F)nc1. The first-order valence-electron chi connectivity index (χ1n) is 9.70. The third-order valence-electron chi connectivity index (χ3n) is 4.61. The topological polar surface area (TPSA) is 112 Å². The lowest BCUT2D eigenvalue weighted by Gasteiger charge is -2.11. The van der Waals surface area contributed by atoms with E-state index in [4.69, 9.17) is 10.2 Å². The smallest absolute Gasteiger partial charge is 0.252 e. The number of aliphatic hydroxyl groups is 2. The van der Waals surface area contributed by atoms with Crippen LogP contribution >= 0.6 is 0 Å². The predicted octanol–water partition coefficient (Wildman–Crippen LogP) is 1.34. The average molecular weight is 431 g/mol. The number of aliphatic hydroxyl groups excluding tert-OH is 2. The van der Waals surface area contributed by atoms with Crippen LogP contribution in [0.4, 0.5) is 8.78 Å². The average Bonchev–Trinajstić information content (AvgIpc) is 3.15. The number of aromatic nitrogens is 3. The number of hydrogen-bond acceptors (Lipinski definition) is 6. The molecule has 1 amide bonds. The summed E-state index contributed by atoms with van der Waals surface area (Å²) >= 11 is 0. The van der Waals surface area contributed by atoms with Gasteiger partial charge in [0.05, 0.1) is 23.0 Å². The highest BCUT2D eigenvalue weighted by atomic mass is 19.1. The molecule has 0 saturated carbocycles. The van der Waals surface area contributed by atoms with Crippen LogP contribution in [-0.2, 0) is 6.42 Å². The van der Waals surface area contributed by atoms with Crippen molar-refractivity contribution in [2.75, 3.05) is 31.7 Å². The number of carbonyl (C=O) groups is 1. The number of halogens is 2. The van der Waals surface area contributed by atoms with Gasteiger partial charge in [0, 0.05) is 38.4 Å². The fraction of sp³-hybridized carbons (Fsp3) is 0.286. The first kappa shape index (κ1) is 22.3. The molecule has 2 aromatic heterocycles. The summed E-state index contributed by atoms with van der Waals surface area (Å²) in [5, 5.41) is 24.4. The normalized spacial score (nSPS) is 11.0. The molecule has 2 heterocycles. The van der Waals surface area contributed by atoms with Crippen LogP contribution in [0.3, 0.4) is 0 Å². The van der Waals surface area contributed by atoms with Crippen LogP contribution in [0.5, 0.6) is 0 Å². The summed E-state index contributed by atoms with van der Waals surface area (Å²) in [5.41, 5.74) is 4.45. The second-order valence-corrected chi connectivity index (χ2v) is 6.94. The fourth-order valence-electron chi connectivity index (χ4n) is 2.83. The summed E-state index contributed by atoms with van der Waals surface area (Å²) in [6.07, 6.45) is 3.28. The summed E-state index contributed by atoms with van der Waals surface area (Å²) < 4.78 is 27.5. The van der Waals surface area contributed by atoms with Crippen molar-refractivity contribution in [3.63, 3.8) is 0 Å². The summed E-state index contributed by atoms with van der Waals surface area (Å²) in [7, 11) is 0. The molecule has 0 fully saturated rings. The van der Waals surface area contributed by atoms with Crippen LogP contribution in [0.25, 0.3) is 11.3 Å². The van der Waals surface area contributed by atoms with Gasteiger partial charge in [-0.15, -0.1) is 5.10 Å². The van der Waals surface area contributed by atoms with Crippen molar-refractivity contribution in [3.8, 4) is 11.3 Å². The number of rotatable bonds is 10. The number of pyridine rings is 1. The van der Waals surface area contributed by atoms with Crippen LogP contribution in [-0.4, -0.2) is 57.3 Å². The van der Waals surface area contributed by atoms with Crippen LogP contribution in [0.15, 0.2) is 48.8 Å². The van der Waals surface area contributed by atoms with Gasteiger partial charge in [-0.2, -0.15) is 9.18 Å². The van der Waals surface area contributed by atoms with E-state index >= 15 is 0 Å². The molecular weight excluding hydrogens is 408 g/mol. The minimum Gasteiger partial charge on any atom is -0.396 e. The van der Waals surface area contributed by atoms with E-state index in [1.807, 2.05) is 0 Å². The van der Waals surface area contributed by atoms with Gasteiger partial charge in [0.2, 0.25) is 5.95 Å². The van der Waals surface area contributed by atoms with Crippen molar-refractivity contribution in [1.29, 1.82) is 0 Å². The molecule has 10 heteroatoms. The molecule has 4 N–H and O–H groups in total. The molecule has 0 unspecified atom stereocenters. The molecule has 0 radical (unpaired) electrons. The molecule has 0 aliphatic heterocycles. The van der Waals surface area contributed by atoms with E-state index in [0.717, 1.165) is 5.56 Å². The van der Waals surface area contributed by atoms with E-state index in [2.05, 4.69) is 20.8 Å². The molecular formula is C21H23F2N5O3. The van der Waals surface area contributed by atoms with Crippen molar-refractivity contribution < 1.29 is 23.8 Å². The van der Waals surface area contributed by atoms with E-state index < -0.39 is 17.8 Å². The Morgan fingerprint density at radius 1 is 1.16 bits per heavy atom. The lowest BCUT2D eigenvalue weighted by Crippen LogP contribution is -2.32. The van der Waals surface area contributed by atoms with Crippen molar-refractivity contribution in [1.82, 2.24) is 20.2 Å². The van der Waals surface area contributed by atoms with Crippen LogP contribution in [0.1, 0.15) is 15.9 Å². The van der Waals surface area contributed by atoms with E-state index in [1.54, 1.807) is 12.1 Å². The van der Waals surface area contributed by atoms with Gasteiger partial charge in [-0.1, -0.05) is 12.1 Å². The molecule has 0 bridgehead atoms. The molecule has 0 aliphatic carbocycles. The highest BCUT2D eigenvalue weighted by Gasteiger charge is 2.14. The number of benzene rings is 1.